The van der Waals surface area contributed by atoms with Crippen LogP contribution in [0.5, 0.6) is 0 Å². The molecule has 4 heteroatoms. The lowest BCUT2D eigenvalue weighted by Gasteiger charge is -2.24. The Bertz CT molecular complexity index is 528. The number of rotatable bonds is 5. The van der Waals surface area contributed by atoms with Crippen molar-refractivity contribution >= 4 is 11.9 Å². The van der Waals surface area contributed by atoms with E-state index >= 15 is 0 Å². The van der Waals surface area contributed by atoms with E-state index in [1.165, 1.54) is 0 Å². The number of hydrogen-bond acceptors (Lipinski definition) is 2. The number of carbonyl (C=O) groups is 2. The smallest absolute Gasteiger partial charge is 0.308 e. The van der Waals surface area contributed by atoms with Gasteiger partial charge in [0.25, 0.3) is 0 Å². The van der Waals surface area contributed by atoms with Gasteiger partial charge in [-0.15, -0.1) is 0 Å². The molecule has 2 rings (SSSR count). The standard InChI is InChI=1S/C18H25NO3/c1-4-12(2)13(3)17(20)19-10-15(16(11-19)18(21)22)14-8-6-5-7-9-14/h5-9,12-13,15-16H,4,10-11H2,1-3H3,(H,21,22)/t12?,13?,15-,16-/m0/s1. The fourth-order valence-electron chi connectivity index (χ4n) is 3.16. The van der Waals surface area contributed by atoms with Crippen LogP contribution in [0.2, 0.25) is 0 Å². The molecule has 0 bridgehead atoms. The summed E-state index contributed by atoms with van der Waals surface area (Å²) in [5.41, 5.74) is 1.00. The van der Waals surface area contributed by atoms with E-state index in [0.29, 0.717) is 19.0 Å². The van der Waals surface area contributed by atoms with Crippen molar-refractivity contribution in [1.29, 1.82) is 0 Å². The number of carboxylic acid groups (broad SMARTS) is 1. The number of carboxylic acids is 1. The van der Waals surface area contributed by atoms with Crippen molar-refractivity contribution < 1.29 is 14.7 Å². The Balaban J connectivity index is 2.17. The number of nitrogens with zero attached hydrogens (tertiary/aromatic N) is 1. The molecule has 0 spiro atoms. The predicted octanol–water partition coefficient (Wildman–Crippen LogP) is 3.00. The van der Waals surface area contributed by atoms with Gasteiger partial charge in [-0.3, -0.25) is 9.59 Å². The molecule has 1 saturated heterocycles. The number of amides is 1. The molecule has 2 unspecified atom stereocenters. The molecule has 0 radical (unpaired) electrons. The second kappa shape index (κ2) is 6.95. The van der Waals surface area contributed by atoms with Crippen molar-refractivity contribution in [3.05, 3.63) is 35.9 Å². The highest BCUT2D eigenvalue weighted by Crippen LogP contribution is 2.34. The summed E-state index contributed by atoms with van der Waals surface area (Å²) in [6, 6.07) is 9.66. The summed E-state index contributed by atoms with van der Waals surface area (Å²) in [6.07, 6.45) is 0.950. The minimum Gasteiger partial charge on any atom is -0.481 e. The Morgan fingerprint density at radius 1 is 1.23 bits per heavy atom. The number of likely N-dealkylation sites (tertiary alicyclic amines) is 1. The minimum atomic E-state index is -0.819. The highest BCUT2D eigenvalue weighted by molar-refractivity contribution is 5.81. The number of aliphatic carboxylic acids is 1. The van der Waals surface area contributed by atoms with Crippen LogP contribution >= 0.6 is 0 Å². The van der Waals surface area contributed by atoms with Crippen LogP contribution in [0.4, 0.5) is 0 Å². The molecule has 1 aromatic rings. The van der Waals surface area contributed by atoms with E-state index in [0.717, 1.165) is 12.0 Å². The zero-order valence-electron chi connectivity index (χ0n) is 13.5. The molecule has 1 aliphatic heterocycles. The maximum Gasteiger partial charge on any atom is 0.308 e. The number of benzene rings is 1. The molecule has 22 heavy (non-hydrogen) atoms. The zero-order chi connectivity index (χ0) is 16.3. The van der Waals surface area contributed by atoms with Gasteiger partial charge in [-0.05, 0) is 11.5 Å². The molecular formula is C18H25NO3. The lowest BCUT2D eigenvalue weighted by atomic mass is 9.89. The molecule has 120 valence electrons. The molecular weight excluding hydrogens is 278 g/mol. The van der Waals surface area contributed by atoms with Crippen LogP contribution in [0.1, 0.15) is 38.7 Å². The minimum absolute atomic E-state index is 0.0611. The summed E-state index contributed by atoms with van der Waals surface area (Å²) in [4.78, 5) is 25.9. The molecule has 1 N–H and O–H groups in total. The highest BCUT2D eigenvalue weighted by Gasteiger charge is 2.41. The fourth-order valence-corrected chi connectivity index (χ4v) is 3.16. The molecule has 4 nitrogen and oxygen atoms in total. The molecule has 0 aromatic heterocycles. The van der Waals surface area contributed by atoms with Crippen molar-refractivity contribution in [1.82, 2.24) is 4.90 Å². The fraction of sp³-hybridized carbons (Fsp3) is 0.556. The first-order chi connectivity index (χ1) is 10.5. The van der Waals surface area contributed by atoms with Gasteiger partial charge in [-0.2, -0.15) is 0 Å². The van der Waals surface area contributed by atoms with Crippen molar-refractivity contribution in [3.63, 3.8) is 0 Å². The van der Waals surface area contributed by atoms with Crippen LogP contribution < -0.4 is 0 Å². The van der Waals surface area contributed by atoms with Gasteiger partial charge >= 0.3 is 5.97 Å². The first-order valence-corrected chi connectivity index (χ1v) is 8.02. The monoisotopic (exact) mass is 303 g/mol. The van der Waals surface area contributed by atoms with Gasteiger partial charge in [0.15, 0.2) is 0 Å². The summed E-state index contributed by atoms with van der Waals surface area (Å²) in [5, 5.41) is 9.50. The van der Waals surface area contributed by atoms with Crippen LogP contribution in [0.15, 0.2) is 30.3 Å². The Morgan fingerprint density at radius 2 is 1.86 bits per heavy atom. The second-order valence-corrected chi connectivity index (χ2v) is 6.38. The second-order valence-electron chi connectivity index (χ2n) is 6.38. The van der Waals surface area contributed by atoms with Crippen LogP contribution in [-0.4, -0.2) is 35.0 Å². The molecule has 1 aromatic carbocycles. The maximum absolute atomic E-state index is 12.6. The highest BCUT2D eigenvalue weighted by atomic mass is 16.4. The Labute approximate surface area is 132 Å². The van der Waals surface area contributed by atoms with Gasteiger partial charge in [0.05, 0.1) is 5.92 Å². The van der Waals surface area contributed by atoms with Crippen LogP contribution in [0, 0.1) is 17.8 Å². The predicted molar refractivity (Wildman–Crippen MR) is 85.5 cm³/mol. The third kappa shape index (κ3) is 3.32. The molecule has 1 aliphatic rings. The van der Waals surface area contributed by atoms with E-state index in [1.54, 1.807) is 4.90 Å². The molecule has 1 heterocycles. The summed E-state index contributed by atoms with van der Waals surface area (Å²) < 4.78 is 0. The van der Waals surface area contributed by atoms with Crippen LogP contribution in [-0.2, 0) is 9.59 Å². The van der Waals surface area contributed by atoms with Crippen LogP contribution in [0.3, 0.4) is 0 Å². The van der Waals surface area contributed by atoms with Gasteiger partial charge in [0.2, 0.25) is 5.91 Å². The summed E-state index contributed by atoms with van der Waals surface area (Å²) in [6.45, 7) is 6.91. The maximum atomic E-state index is 12.6. The normalized spacial score (nSPS) is 24.0. The molecule has 0 aliphatic carbocycles. The van der Waals surface area contributed by atoms with E-state index < -0.39 is 11.9 Å². The van der Waals surface area contributed by atoms with Gasteiger partial charge in [0, 0.05) is 24.9 Å². The molecule has 1 amide bonds. The van der Waals surface area contributed by atoms with Gasteiger partial charge in [-0.25, -0.2) is 0 Å². The Kier molecular flexibility index (Phi) is 5.22. The SMILES string of the molecule is CCC(C)C(C)C(=O)N1C[C@H](C(=O)O)[C@H](c2ccccc2)C1. The van der Waals surface area contributed by atoms with Crippen molar-refractivity contribution in [3.8, 4) is 0 Å². The van der Waals surface area contributed by atoms with Gasteiger partial charge in [-0.1, -0.05) is 57.5 Å². The largest absolute Gasteiger partial charge is 0.481 e. The lowest BCUT2D eigenvalue weighted by molar-refractivity contribution is -0.142. The lowest BCUT2D eigenvalue weighted by Crippen LogP contribution is -2.36. The summed E-state index contributed by atoms with van der Waals surface area (Å²) in [5.74, 6) is -1.12. The third-order valence-corrected chi connectivity index (χ3v) is 5.06. The quantitative estimate of drug-likeness (QED) is 0.909. The van der Waals surface area contributed by atoms with Gasteiger partial charge < -0.3 is 10.0 Å². The van der Waals surface area contributed by atoms with Crippen molar-refractivity contribution in [2.45, 2.75) is 33.1 Å². The Morgan fingerprint density at radius 3 is 2.41 bits per heavy atom. The summed E-state index contributed by atoms with van der Waals surface area (Å²) in [7, 11) is 0. The number of carbonyl (C=O) groups excluding carboxylic acids is 1. The molecule has 0 saturated carbocycles. The van der Waals surface area contributed by atoms with E-state index in [-0.39, 0.29) is 17.7 Å². The van der Waals surface area contributed by atoms with Gasteiger partial charge in [0.1, 0.15) is 0 Å². The average Bonchev–Trinajstić information content (AvgIpc) is 2.99. The first kappa shape index (κ1) is 16.5. The zero-order valence-corrected chi connectivity index (χ0v) is 13.5. The topological polar surface area (TPSA) is 57.6 Å². The van der Waals surface area contributed by atoms with E-state index in [9.17, 15) is 14.7 Å². The first-order valence-electron chi connectivity index (χ1n) is 8.02. The van der Waals surface area contributed by atoms with E-state index in [4.69, 9.17) is 0 Å². The van der Waals surface area contributed by atoms with Crippen molar-refractivity contribution in [2.24, 2.45) is 17.8 Å². The van der Waals surface area contributed by atoms with E-state index in [2.05, 4.69) is 13.8 Å². The van der Waals surface area contributed by atoms with Crippen LogP contribution in [0.25, 0.3) is 0 Å². The van der Waals surface area contributed by atoms with Crippen molar-refractivity contribution in [2.75, 3.05) is 13.1 Å². The van der Waals surface area contributed by atoms with E-state index in [1.807, 2.05) is 37.3 Å². The third-order valence-electron chi connectivity index (χ3n) is 5.06. The molecule has 4 atom stereocenters. The molecule has 1 fully saturated rings. The average molecular weight is 303 g/mol. The number of hydrogen-bond donors (Lipinski definition) is 1. The summed E-state index contributed by atoms with van der Waals surface area (Å²) >= 11 is 0. The Hall–Kier alpha value is -1.84.